The Morgan fingerprint density at radius 1 is 1.00 bits per heavy atom. The predicted molar refractivity (Wildman–Crippen MR) is 82.5 cm³/mol. The molecule has 108 valence electrons. The molecule has 20 heavy (non-hydrogen) atoms. The highest BCUT2D eigenvalue weighted by molar-refractivity contribution is 5.82. The number of aromatic hydroxyl groups is 2. The molecule has 0 spiro atoms. The van der Waals surface area contributed by atoms with Gasteiger partial charge in [-0.15, -0.1) is 0 Å². The largest absolute Gasteiger partial charge is 0.505 e. The van der Waals surface area contributed by atoms with Crippen molar-refractivity contribution in [3.05, 3.63) is 34.5 Å². The van der Waals surface area contributed by atoms with E-state index in [2.05, 4.69) is 26.0 Å². The zero-order chi connectivity index (χ0) is 15.0. The molecule has 1 aromatic carbocycles. The maximum absolute atomic E-state index is 10.5. The molecule has 0 aliphatic heterocycles. The zero-order valence-corrected chi connectivity index (χ0v) is 12.9. The van der Waals surface area contributed by atoms with Gasteiger partial charge in [-0.25, -0.2) is 0 Å². The van der Waals surface area contributed by atoms with Crippen molar-refractivity contribution < 1.29 is 10.2 Å². The van der Waals surface area contributed by atoms with Crippen LogP contribution in [0.3, 0.4) is 0 Å². The predicted octanol–water partition coefficient (Wildman–Crippen LogP) is 4.07. The summed E-state index contributed by atoms with van der Waals surface area (Å²) in [7, 11) is 0. The van der Waals surface area contributed by atoms with Crippen LogP contribution >= 0.6 is 0 Å². The van der Waals surface area contributed by atoms with Gasteiger partial charge < -0.3 is 14.8 Å². The number of aryl methyl sites for hydroxylation is 3. The molecule has 0 radical (unpaired) electrons. The highest BCUT2D eigenvalue weighted by Crippen LogP contribution is 2.45. The molecule has 3 heteroatoms. The van der Waals surface area contributed by atoms with Crippen LogP contribution in [0.1, 0.15) is 36.2 Å². The van der Waals surface area contributed by atoms with Gasteiger partial charge in [0.25, 0.3) is 0 Å². The molecule has 2 N–H and O–H groups in total. The summed E-state index contributed by atoms with van der Waals surface area (Å²) in [6.45, 7) is 10.6. The third-order valence-corrected chi connectivity index (χ3v) is 3.97. The molecule has 1 aromatic heterocycles. The molecule has 0 atom stereocenters. The van der Waals surface area contributed by atoms with Crippen LogP contribution in [0.5, 0.6) is 11.6 Å². The first-order valence-electron chi connectivity index (χ1n) is 7.13. The zero-order valence-electron chi connectivity index (χ0n) is 12.9. The number of nitrogens with zero attached hydrogens (tertiary/aromatic N) is 1. The summed E-state index contributed by atoms with van der Waals surface area (Å²) in [5, 5.41) is 20.9. The molecule has 3 nitrogen and oxygen atoms in total. The van der Waals surface area contributed by atoms with Gasteiger partial charge >= 0.3 is 0 Å². The third-order valence-electron chi connectivity index (χ3n) is 3.97. The van der Waals surface area contributed by atoms with Gasteiger partial charge in [-0.3, -0.25) is 0 Å². The van der Waals surface area contributed by atoms with Crippen LogP contribution in [0.4, 0.5) is 0 Å². The van der Waals surface area contributed by atoms with E-state index in [4.69, 9.17) is 0 Å². The maximum atomic E-state index is 10.5. The van der Waals surface area contributed by atoms with Gasteiger partial charge in [0.15, 0.2) is 0 Å². The van der Waals surface area contributed by atoms with Crippen molar-refractivity contribution in [2.45, 2.75) is 47.6 Å². The van der Waals surface area contributed by atoms with E-state index in [-0.39, 0.29) is 11.6 Å². The van der Waals surface area contributed by atoms with Crippen LogP contribution in [0.15, 0.2) is 12.1 Å². The van der Waals surface area contributed by atoms with E-state index in [9.17, 15) is 10.2 Å². The molecule has 0 amide bonds. The Morgan fingerprint density at radius 2 is 1.65 bits per heavy atom. The van der Waals surface area contributed by atoms with Crippen LogP contribution in [0, 0.1) is 20.8 Å². The smallest absolute Gasteiger partial charge is 0.203 e. The van der Waals surface area contributed by atoms with Crippen LogP contribution in [-0.4, -0.2) is 14.8 Å². The second-order valence-corrected chi connectivity index (χ2v) is 5.35. The molecule has 0 aliphatic rings. The second kappa shape index (κ2) is 5.23. The fourth-order valence-corrected chi connectivity index (χ4v) is 3.02. The van der Waals surface area contributed by atoms with Crippen molar-refractivity contribution in [2.24, 2.45) is 0 Å². The Hall–Kier alpha value is -1.90. The van der Waals surface area contributed by atoms with Gasteiger partial charge in [-0.05, 0) is 50.8 Å². The average Bonchev–Trinajstić information content (AvgIpc) is 2.60. The molecule has 0 saturated heterocycles. The lowest BCUT2D eigenvalue weighted by Crippen LogP contribution is -1.96. The van der Waals surface area contributed by atoms with E-state index in [1.807, 2.05) is 20.8 Å². The van der Waals surface area contributed by atoms with Gasteiger partial charge in [0.05, 0.1) is 11.3 Å². The van der Waals surface area contributed by atoms with E-state index < -0.39 is 0 Å². The molecule has 2 rings (SSSR count). The second-order valence-electron chi connectivity index (χ2n) is 5.35. The van der Waals surface area contributed by atoms with Crippen molar-refractivity contribution in [2.75, 3.05) is 0 Å². The number of aromatic nitrogens is 1. The van der Waals surface area contributed by atoms with Crippen LogP contribution in [0.2, 0.25) is 0 Å². The minimum absolute atomic E-state index is 0.157. The minimum atomic E-state index is 0.157. The van der Waals surface area contributed by atoms with Crippen molar-refractivity contribution in [3.8, 4) is 22.8 Å². The van der Waals surface area contributed by atoms with E-state index in [0.29, 0.717) is 17.8 Å². The number of hydrogen-bond donors (Lipinski definition) is 2. The van der Waals surface area contributed by atoms with E-state index in [1.54, 1.807) is 4.57 Å². The molecular formula is C17H23NO2. The van der Waals surface area contributed by atoms with E-state index >= 15 is 0 Å². The Labute approximate surface area is 120 Å². The lowest BCUT2D eigenvalue weighted by atomic mass is 9.92. The van der Waals surface area contributed by atoms with Gasteiger partial charge in [-0.1, -0.05) is 24.6 Å². The van der Waals surface area contributed by atoms with Crippen molar-refractivity contribution >= 4 is 0 Å². The van der Waals surface area contributed by atoms with E-state index in [0.717, 1.165) is 23.1 Å². The standard InChI is InChI=1S/C17H23NO2/c1-6-13-9-10(3)8-11(4)14(13)15-16(19)12(5)18(7-2)17(15)20/h8-9,19-20H,6-7H2,1-5H3. The summed E-state index contributed by atoms with van der Waals surface area (Å²) < 4.78 is 1.74. The lowest BCUT2D eigenvalue weighted by Gasteiger charge is -2.13. The summed E-state index contributed by atoms with van der Waals surface area (Å²) in [6.07, 6.45) is 0.868. The van der Waals surface area contributed by atoms with Crippen LogP contribution < -0.4 is 0 Å². The lowest BCUT2D eigenvalue weighted by molar-refractivity contribution is 0.420. The molecular weight excluding hydrogens is 250 g/mol. The average molecular weight is 273 g/mol. The minimum Gasteiger partial charge on any atom is -0.505 e. The SMILES string of the molecule is CCc1cc(C)cc(C)c1-c1c(O)c(C)n(CC)c1O. The van der Waals surface area contributed by atoms with Crippen LogP contribution in [0.25, 0.3) is 11.1 Å². The van der Waals surface area contributed by atoms with Crippen molar-refractivity contribution in [1.29, 1.82) is 0 Å². The highest BCUT2D eigenvalue weighted by Gasteiger charge is 2.23. The number of rotatable bonds is 3. The first-order valence-corrected chi connectivity index (χ1v) is 7.13. The normalized spacial score (nSPS) is 11.1. The molecule has 2 aromatic rings. The van der Waals surface area contributed by atoms with E-state index in [1.165, 1.54) is 5.56 Å². The Kier molecular flexibility index (Phi) is 3.80. The number of hydrogen-bond acceptors (Lipinski definition) is 2. The molecule has 0 aliphatic carbocycles. The molecule has 0 bridgehead atoms. The summed E-state index contributed by atoms with van der Waals surface area (Å²) in [6, 6.07) is 4.21. The van der Waals surface area contributed by atoms with Crippen LogP contribution in [-0.2, 0) is 13.0 Å². The fraction of sp³-hybridized carbons (Fsp3) is 0.412. The fourth-order valence-electron chi connectivity index (χ4n) is 3.02. The molecule has 0 unspecified atom stereocenters. The maximum Gasteiger partial charge on any atom is 0.203 e. The monoisotopic (exact) mass is 273 g/mol. The topological polar surface area (TPSA) is 45.4 Å². The summed E-state index contributed by atoms with van der Waals surface area (Å²) in [5.74, 6) is 0.343. The Balaban J connectivity index is 2.82. The summed E-state index contributed by atoms with van der Waals surface area (Å²) in [5.41, 5.74) is 5.68. The van der Waals surface area contributed by atoms with Gasteiger partial charge in [0, 0.05) is 6.54 Å². The van der Waals surface area contributed by atoms with Crippen molar-refractivity contribution in [3.63, 3.8) is 0 Å². The first-order chi connectivity index (χ1) is 9.42. The third kappa shape index (κ3) is 2.07. The van der Waals surface area contributed by atoms with Gasteiger partial charge in [0.1, 0.15) is 5.75 Å². The Bertz CT molecular complexity index is 654. The van der Waals surface area contributed by atoms with Gasteiger partial charge in [0.2, 0.25) is 5.88 Å². The molecule has 0 fully saturated rings. The highest BCUT2D eigenvalue weighted by atomic mass is 16.3. The summed E-state index contributed by atoms with van der Waals surface area (Å²) in [4.78, 5) is 0. The van der Waals surface area contributed by atoms with Gasteiger partial charge in [-0.2, -0.15) is 0 Å². The Morgan fingerprint density at radius 3 is 2.15 bits per heavy atom. The summed E-state index contributed by atoms with van der Waals surface area (Å²) >= 11 is 0. The van der Waals surface area contributed by atoms with Crippen molar-refractivity contribution in [1.82, 2.24) is 4.57 Å². The number of benzene rings is 1. The molecule has 0 saturated carbocycles. The quantitative estimate of drug-likeness (QED) is 0.885. The molecule has 1 heterocycles. The first kappa shape index (κ1) is 14.5.